The highest BCUT2D eigenvalue weighted by Crippen LogP contribution is 2.12. The number of nitrogens with zero attached hydrogens (tertiary/aromatic N) is 3. The molecular weight excluding hydrogens is 216 g/mol. The van der Waals surface area contributed by atoms with Crippen molar-refractivity contribution in [1.29, 1.82) is 0 Å². The molecule has 0 spiro atoms. The number of carbonyl (C=O) groups excluding carboxylic acids is 1. The Bertz CT molecular complexity index is 381. The van der Waals surface area contributed by atoms with Crippen LogP contribution in [0.3, 0.4) is 0 Å². The predicted octanol–water partition coefficient (Wildman–Crippen LogP) is -0.0520. The first-order valence-electron chi connectivity index (χ1n) is 5.78. The monoisotopic (exact) mass is 234 g/mol. The first-order valence-corrected chi connectivity index (χ1v) is 5.78. The van der Waals surface area contributed by atoms with Gasteiger partial charge < -0.3 is 15.1 Å². The molecule has 1 aliphatic rings. The molecule has 1 N–H and O–H groups in total. The molecule has 1 saturated heterocycles. The Morgan fingerprint density at radius 3 is 2.88 bits per heavy atom. The minimum atomic E-state index is -0.119. The standard InChI is InChI=1S/C12H18N4O/c1-15-8-7-14-11(9-15)12(17)16(2)10-3-5-13-6-4-10/h3-6,11,14H,7-9H2,1-2H3. The van der Waals surface area contributed by atoms with Gasteiger partial charge in [0.25, 0.3) is 0 Å². The van der Waals surface area contributed by atoms with Gasteiger partial charge in [-0.05, 0) is 19.2 Å². The van der Waals surface area contributed by atoms with Crippen molar-refractivity contribution in [3.05, 3.63) is 24.5 Å². The number of nitrogens with one attached hydrogen (secondary N) is 1. The van der Waals surface area contributed by atoms with E-state index in [4.69, 9.17) is 0 Å². The number of carbonyl (C=O) groups is 1. The fraction of sp³-hybridized carbons (Fsp3) is 0.500. The van der Waals surface area contributed by atoms with E-state index in [2.05, 4.69) is 15.2 Å². The van der Waals surface area contributed by atoms with Gasteiger partial charge in [-0.25, -0.2) is 0 Å². The average Bonchev–Trinajstić information content (AvgIpc) is 2.38. The average molecular weight is 234 g/mol. The summed E-state index contributed by atoms with van der Waals surface area (Å²) in [5, 5.41) is 3.25. The molecule has 1 aliphatic heterocycles. The van der Waals surface area contributed by atoms with Gasteiger partial charge in [-0.1, -0.05) is 0 Å². The molecule has 0 bridgehead atoms. The van der Waals surface area contributed by atoms with Gasteiger partial charge in [0.2, 0.25) is 5.91 Å². The van der Waals surface area contributed by atoms with Crippen LogP contribution < -0.4 is 10.2 Å². The Morgan fingerprint density at radius 1 is 1.53 bits per heavy atom. The molecule has 2 heterocycles. The van der Waals surface area contributed by atoms with Crippen LogP contribution in [0.2, 0.25) is 0 Å². The van der Waals surface area contributed by atoms with E-state index < -0.39 is 0 Å². The van der Waals surface area contributed by atoms with Gasteiger partial charge in [0.05, 0.1) is 0 Å². The molecule has 1 aromatic rings. The highest BCUT2D eigenvalue weighted by Gasteiger charge is 2.26. The predicted molar refractivity (Wildman–Crippen MR) is 66.9 cm³/mol. The number of amides is 1. The highest BCUT2D eigenvalue weighted by atomic mass is 16.2. The number of aromatic nitrogens is 1. The Kier molecular flexibility index (Phi) is 3.71. The summed E-state index contributed by atoms with van der Waals surface area (Å²) in [4.78, 5) is 20.1. The maximum atomic E-state index is 12.3. The summed E-state index contributed by atoms with van der Waals surface area (Å²) in [6.45, 7) is 2.61. The van der Waals surface area contributed by atoms with Crippen LogP contribution in [0.25, 0.3) is 0 Å². The smallest absolute Gasteiger partial charge is 0.245 e. The molecule has 1 amide bonds. The minimum absolute atomic E-state index is 0.0998. The fourth-order valence-corrected chi connectivity index (χ4v) is 1.99. The van der Waals surface area contributed by atoms with Crippen molar-refractivity contribution in [2.45, 2.75) is 6.04 Å². The molecule has 0 saturated carbocycles. The van der Waals surface area contributed by atoms with E-state index in [9.17, 15) is 4.79 Å². The van der Waals surface area contributed by atoms with E-state index in [1.54, 1.807) is 24.3 Å². The SMILES string of the molecule is CN1CCNC(C(=O)N(C)c2ccncc2)C1. The number of pyridine rings is 1. The molecule has 1 atom stereocenters. The third-order valence-corrected chi connectivity index (χ3v) is 3.06. The zero-order valence-electron chi connectivity index (χ0n) is 10.3. The van der Waals surface area contributed by atoms with Crippen LogP contribution in [-0.4, -0.2) is 55.6 Å². The minimum Gasteiger partial charge on any atom is -0.314 e. The number of piperazine rings is 1. The van der Waals surface area contributed by atoms with Crippen LogP contribution in [-0.2, 0) is 4.79 Å². The van der Waals surface area contributed by atoms with Crippen molar-refractivity contribution < 1.29 is 4.79 Å². The van der Waals surface area contributed by atoms with E-state index in [0.717, 1.165) is 25.3 Å². The van der Waals surface area contributed by atoms with E-state index in [1.807, 2.05) is 19.2 Å². The van der Waals surface area contributed by atoms with Gasteiger partial charge in [-0.3, -0.25) is 9.78 Å². The summed E-state index contributed by atoms with van der Waals surface area (Å²) in [5.74, 6) is 0.0998. The zero-order valence-corrected chi connectivity index (χ0v) is 10.3. The van der Waals surface area contributed by atoms with Gasteiger partial charge in [0.15, 0.2) is 0 Å². The van der Waals surface area contributed by atoms with Crippen molar-refractivity contribution in [1.82, 2.24) is 15.2 Å². The quantitative estimate of drug-likeness (QED) is 0.779. The van der Waals surface area contributed by atoms with Crippen LogP contribution >= 0.6 is 0 Å². The second-order valence-corrected chi connectivity index (χ2v) is 4.37. The van der Waals surface area contributed by atoms with Gasteiger partial charge in [-0.15, -0.1) is 0 Å². The maximum absolute atomic E-state index is 12.3. The molecular formula is C12H18N4O. The first-order chi connectivity index (χ1) is 8.18. The van der Waals surface area contributed by atoms with E-state index >= 15 is 0 Å². The third kappa shape index (κ3) is 2.81. The molecule has 0 aromatic carbocycles. The maximum Gasteiger partial charge on any atom is 0.245 e. The molecule has 5 nitrogen and oxygen atoms in total. The van der Waals surface area contributed by atoms with E-state index in [-0.39, 0.29) is 11.9 Å². The molecule has 17 heavy (non-hydrogen) atoms. The lowest BCUT2D eigenvalue weighted by molar-refractivity contribution is -0.121. The number of anilines is 1. The summed E-state index contributed by atoms with van der Waals surface area (Å²) in [5.41, 5.74) is 0.875. The van der Waals surface area contributed by atoms with Gasteiger partial charge in [0.1, 0.15) is 6.04 Å². The van der Waals surface area contributed by atoms with Crippen molar-refractivity contribution >= 4 is 11.6 Å². The molecule has 92 valence electrons. The molecule has 1 fully saturated rings. The largest absolute Gasteiger partial charge is 0.314 e. The zero-order chi connectivity index (χ0) is 12.3. The van der Waals surface area contributed by atoms with Crippen molar-refractivity contribution in [3.63, 3.8) is 0 Å². The van der Waals surface area contributed by atoms with Crippen LogP contribution in [0.15, 0.2) is 24.5 Å². The molecule has 2 rings (SSSR count). The van der Waals surface area contributed by atoms with Gasteiger partial charge >= 0.3 is 0 Å². The lowest BCUT2D eigenvalue weighted by atomic mass is 10.2. The summed E-state index contributed by atoms with van der Waals surface area (Å²) >= 11 is 0. The Balaban J connectivity index is 2.04. The van der Waals surface area contributed by atoms with Crippen LogP contribution in [0, 0.1) is 0 Å². The second kappa shape index (κ2) is 5.25. The normalized spacial score (nSPS) is 21.2. The van der Waals surface area contributed by atoms with Crippen molar-refractivity contribution in [2.24, 2.45) is 0 Å². The Morgan fingerprint density at radius 2 is 2.24 bits per heavy atom. The Labute approximate surface area is 101 Å². The number of likely N-dealkylation sites (N-methyl/N-ethyl adjacent to an activating group) is 2. The second-order valence-electron chi connectivity index (χ2n) is 4.37. The molecule has 1 aromatic heterocycles. The highest BCUT2D eigenvalue weighted by molar-refractivity contribution is 5.96. The van der Waals surface area contributed by atoms with Crippen LogP contribution in [0.5, 0.6) is 0 Å². The van der Waals surface area contributed by atoms with Crippen LogP contribution in [0.1, 0.15) is 0 Å². The molecule has 0 aliphatic carbocycles. The lowest BCUT2D eigenvalue weighted by Crippen LogP contribution is -2.56. The topological polar surface area (TPSA) is 48.5 Å². The van der Waals surface area contributed by atoms with Gasteiger partial charge in [0, 0.05) is 44.8 Å². The summed E-state index contributed by atoms with van der Waals surface area (Å²) in [6, 6.07) is 3.56. The summed E-state index contributed by atoms with van der Waals surface area (Å²) in [7, 11) is 3.83. The van der Waals surface area contributed by atoms with Crippen LogP contribution in [0.4, 0.5) is 5.69 Å². The van der Waals surface area contributed by atoms with Gasteiger partial charge in [-0.2, -0.15) is 0 Å². The number of hydrogen-bond donors (Lipinski definition) is 1. The Hall–Kier alpha value is -1.46. The summed E-state index contributed by atoms with van der Waals surface area (Å²) < 4.78 is 0. The first kappa shape index (κ1) is 12.0. The molecule has 5 heteroatoms. The summed E-state index contributed by atoms with van der Waals surface area (Å²) in [6.07, 6.45) is 3.39. The van der Waals surface area contributed by atoms with Crippen molar-refractivity contribution in [3.8, 4) is 0 Å². The van der Waals surface area contributed by atoms with Crippen molar-refractivity contribution in [2.75, 3.05) is 38.6 Å². The number of hydrogen-bond acceptors (Lipinski definition) is 4. The number of rotatable bonds is 2. The van der Waals surface area contributed by atoms with E-state index in [1.165, 1.54) is 0 Å². The lowest BCUT2D eigenvalue weighted by Gasteiger charge is -2.32. The fourth-order valence-electron chi connectivity index (χ4n) is 1.99. The van der Waals surface area contributed by atoms with E-state index in [0.29, 0.717) is 0 Å². The third-order valence-electron chi connectivity index (χ3n) is 3.06. The molecule has 0 radical (unpaired) electrons. The molecule has 1 unspecified atom stereocenters.